The number of rotatable bonds is 7. The number of hydrogen-bond acceptors (Lipinski definition) is 7. The molecule has 1 saturated carbocycles. The Morgan fingerprint density at radius 2 is 2.00 bits per heavy atom. The van der Waals surface area contributed by atoms with Gasteiger partial charge in [-0.1, -0.05) is 54.8 Å². The SMILES string of the molecule is COCCn1c(SCC(=O)N2CC(=O)NC(=O)C23CCCCC3)nnc1-c1cccc(C)c1. The van der Waals surface area contributed by atoms with Crippen LogP contribution in [0.1, 0.15) is 37.7 Å². The third kappa shape index (κ3) is 4.81. The topological polar surface area (TPSA) is 106 Å². The molecule has 1 N–H and O–H groups in total. The zero-order valence-corrected chi connectivity index (χ0v) is 19.8. The Bertz CT molecular complexity index is 1050. The number of hydrogen-bond donors (Lipinski definition) is 1. The van der Waals surface area contributed by atoms with Crippen molar-refractivity contribution in [3.63, 3.8) is 0 Å². The predicted molar refractivity (Wildman–Crippen MR) is 123 cm³/mol. The van der Waals surface area contributed by atoms with Gasteiger partial charge in [-0.15, -0.1) is 10.2 Å². The van der Waals surface area contributed by atoms with Gasteiger partial charge in [0.2, 0.25) is 11.8 Å². The molecule has 1 aliphatic heterocycles. The molecule has 2 heterocycles. The Morgan fingerprint density at radius 1 is 1.21 bits per heavy atom. The molecule has 4 rings (SSSR count). The standard InChI is InChI=1S/C23H29N5O4S/c1-16-7-6-8-17(13-16)20-25-26-22(27(20)11-12-32-2)33-15-19(30)28-14-18(29)24-21(31)23(28)9-4-3-5-10-23/h6-8,13H,3-5,9-12,14-15H2,1-2H3,(H,24,29,31). The first-order valence-electron chi connectivity index (χ1n) is 11.2. The molecule has 0 radical (unpaired) electrons. The maximum atomic E-state index is 13.3. The summed E-state index contributed by atoms with van der Waals surface area (Å²) in [7, 11) is 1.63. The van der Waals surface area contributed by atoms with Crippen LogP contribution in [0.25, 0.3) is 11.4 Å². The Labute approximate surface area is 197 Å². The lowest BCUT2D eigenvalue weighted by Gasteiger charge is -2.47. The number of benzene rings is 1. The molecule has 0 atom stereocenters. The van der Waals surface area contributed by atoms with Gasteiger partial charge in [-0.3, -0.25) is 24.3 Å². The lowest BCUT2D eigenvalue weighted by Crippen LogP contribution is -2.69. The van der Waals surface area contributed by atoms with Gasteiger partial charge in [0.1, 0.15) is 12.1 Å². The summed E-state index contributed by atoms with van der Waals surface area (Å²) in [6.45, 7) is 2.95. The van der Waals surface area contributed by atoms with Crippen molar-refractivity contribution in [1.82, 2.24) is 25.0 Å². The van der Waals surface area contributed by atoms with Gasteiger partial charge < -0.3 is 9.64 Å². The van der Waals surface area contributed by atoms with Gasteiger partial charge in [0.05, 0.1) is 18.9 Å². The molecule has 3 amide bonds. The summed E-state index contributed by atoms with van der Waals surface area (Å²) in [5, 5.41) is 11.7. The minimum absolute atomic E-state index is 0.0707. The highest BCUT2D eigenvalue weighted by Crippen LogP contribution is 2.36. The molecule has 2 fully saturated rings. The second-order valence-electron chi connectivity index (χ2n) is 8.56. The number of aryl methyl sites for hydroxylation is 1. The van der Waals surface area contributed by atoms with Crippen LogP contribution in [0, 0.1) is 6.92 Å². The van der Waals surface area contributed by atoms with Crippen molar-refractivity contribution in [3.05, 3.63) is 29.8 Å². The molecule has 1 aromatic heterocycles. The minimum Gasteiger partial charge on any atom is -0.383 e. The smallest absolute Gasteiger partial charge is 0.252 e. The monoisotopic (exact) mass is 471 g/mol. The number of ether oxygens (including phenoxy) is 1. The summed E-state index contributed by atoms with van der Waals surface area (Å²) in [6.07, 6.45) is 3.94. The van der Waals surface area contributed by atoms with E-state index >= 15 is 0 Å². The second kappa shape index (κ2) is 10.0. The van der Waals surface area contributed by atoms with E-state index in [1.807, 2.05) is 35.8 Å². The van der Waals surface area contributed by atoms with Crippen LogP contribution in [0.15, 0.2) is 29.4 Å². The fourth-order valence-electron chi connectivity index (χ4n) is 4.64. The summed E-state index contributed by atoms with van der Waals surface area (Å²) >= 11 is 1.27. The highest BCUT2D eigenvalue weighted by atomic mass is 32.2. The van der Waals surface area contributed by atoms with Crippen molar-refractivity contribution >= 4 is 29.5 Å². The van der Waals surface area contributed by atoms with Crippen LogP contribution in [-0.4, -0.2) is 68.9 Å². The number of nitrogens with one attached hydrogen (secondary N) is 1. The number of thioether (sulfide) groups is 1. The first-order valence-corrected chi connectivity index (χ1v) is 12.2. The molecule has 1 spiro atoms. The molecule has 33 heavy (non-hydrogen) atoms. The number of carbonyl (C=O) groups is 3. The van der Waals surface area contributed by atoms with Crippen LogP contribution < -0.4 is 5.32 Å². The van der Waals surface area contributed by atoms with Crippen molar-refractivity contribution in [2.75, 3.05) is 26.0 Å². The van der Waals surface area contributed by atoms with Crippen LogP contribution in [-0.2, 0) is 25.7 Å². The van der Waals surface area contributed by atoms with Crippen molar-refractivity contribution in [2.24, 2.45) is 0 Å². The van der Waals surface area contributed by atoms with Gasteiger partial charge in [-0.05, 0) is 25.8 Å². The molecular weight excluding hydrogens is 442 g/mol. The predicted octanol–water partition coefficient (Wildman–Crippen LogP) is 2.18. The van der Waals surface area contributed by atoms with E-state index < -0.39 is 11.4 Å². The summed E-state index contributed by atoms with van der Waals surface area (Å²) < 4.78 is 7.21. The van der Waals surface area contributed by atoms with Crippen molar-refractivity contribution in [3.8, 4) is 11.4 Å². The molecule has 176 valence electrons. The third-order valence-corrected chi connectivity index (χ3v) is 7.26. The number of imide groups is 1. The lowest BCUT2D eigenvalue weighted by molar-refractivity contribution is -0.158. The maximum Gasteiger partial charge on any atom is 0.252 e. The first kappa shape index (κ1) is 23.4. The molecule has 1 aromatic carbocycles. The summed E-state index contributed by atoms with van der Waals surface area (Å²) in [5.74, 6) is -0.229. The molecule has 0 bridgehead atoms. The quantitative estimate of drug-likeness (QED) is 0.487. The average molecular weight is 472 g/mol. The molecule has 2 aliphatic rings. The molecular formula is C23H29N5O4S. The van der Waals surface area contributed by atoms with Gasteiger partial charge in [-0.25, -0.2) is 0 Å². The normalized spacial score (nSPS) is 17.9. The molecule has 10 heteroatoms. The number of piperazine rings is 1. The fourth-order valence-corrected chi connectivity index (χ4v) is 5.48. The van der Waals surface area contributed by atoms with E-state index in [9.17, 15) is 14.4 Å². The highest BCUT2D eigenvalue weighted by molar-refractivity contribution is 7.99. The Kier molecular flexibility index (Phi) is 7.14. The summed E-state index contributed by atoms with van der Waals surface area (Å²) in [6, 6.07) is 8.01. The van der Waals surface area contributed by atoms with Crippen molar-refractivity contribution in [2.45, 2.75) is 56.3 Å². The van der Waals surface area contributed by atoms with Crippen LogP contribution in [0.4, 0.5) is 0 Å². The zero-order valence-electron chi connectivity index (χ0n) is 19.0. The molecule has 1 saturated heterocycles. The number of aromatic nitrogens is 3. The average Bonchev–Trinajstić information content (AvgIpc) is 3.22. The van der Waals surface area contributed by atoms with E-state index in [4.69, 9.17) is 4.74 Å². The lowest BCUT2D eigenvalue weighted by atomic mass is 9.78. The second-order valence-corrected chi connectivity index (χ2v) is 9.50. The molecule has 2 aromatic rings. The Balaban J connectivity index is 1.55. The largest absolute Gasteiger partial charge is 0.383 e. The van der Waals surface area contributed by atoms with E-state index in [1.54, 1.807) is 7.11 Å². The highest BCUT2D eigenvalue weighted by Gasteiger charge is 2.50. The molecule has 0 unspecified atom stereocenters. The van der Waals surface area contributed by atoms with E-state index in [-0.39, 0.29) is 24.1 Å². The summed E-state index contributed by atoms with van der Waals surface area (Å²) in [4.78, 5) is 39.6. The number of amides is 3. The van der Waals surface area contributed by atoms with E-state index in [2.05, 4.69) is 15.5 Å². The van der Waals surface area contributed by atoms with E-state index in [1.165, 1.54) is 16.7 Å². The van der Waals surface area contributed by atoms with Gasteiger partial charge >= 0.3 is 0 Å². The van der Waals surface area contributed by atoms with Crippen LogP contribution in [0.2, 0.25) is 0 Å². The van der Waals surface area contributed by atoms with E-state index in [0.29, 0.717) is 37.0 Å². The number of methoxy groups -OCH3 is 1. The van der Waals surface area contributed by atoms with Crippen molar-refractivity contribution in [1.29, 1.82) is 0 Å². The Morgan fingerprint density at radius 3 is 2.73 bits per heavy atom. The molecule has 9 nitrogen and oxygen atoms in total. The van der Waals surface area contributed by atoms with Gasteiger partial charge in [-0.2, -0.15) is 0 Å². The zero-order chi connectivity index (χ0) is 23.4. The summed E-state index contributed by atoms with van der Waals surface area (Å²) in [5.41, 5.74) is 1.14. The maximum absolute atomic E-state index is 13.3. The van der Waals surface area contributed by atoms with Gasteiger partial charge in [0.25, 0.3) is 5.91 Å². The first-order chi connectivity index (χ1) is 15.9. The van der Waals surface area contributed by atoms with Crippen LogP contribution in [0.3, 0.4) is 0 Å². The number of nitrogens with zero attached hydrogens (tertiary/aromatic N) is 4. The molecule has 1 aliphatic carbocycles. The van der Waals surface area contributed by atoms with Crippen LogP contribution in [0.5, 0.6) is 0 Å². The van der Waals surface area contributed by atoms with Crippen LogP contribution >= 0.6 is 11.8 Å². The van der Waals surface area contributed by atoms with Gasteiger partial charge in [0, 0.05) is 12.7 Å². The fraction of sp³-hybridized carbons (Fsp3) is 0.522. The van der Waals surface area contributed by atoms with E-state index in [0.717, 1.165) is 30.4 Å². The number of carbonyl (C=O) groups excluding carboxylic acids is 3. The minimum atomic E-state index is -0.916. The Hall–Kier alpha value is -2.72. The van der Waals surface area contributed by atoms with Crippen molar-refractivity contribution < 1.29 is 19.1 Å². The third-order valence-electron chi connectivity index (χ3n) is 6.31. The van der Waals surface area contributed by atoms with Gasteiger partial charge in [0.15, 0.2) is 11.0 Å².